The maximum atomic E-state index is 13.7. The van der Waals surface area contributed by atoms with E-state index < -0.39 is 41.1 Å². The maximum Gasteiger partial charge on any atom is 0.241 e. The van der Waals surface area contributed by atoms with Crippen molar-refractivity contribution < 1.29 is 31.8 Å². The van der Waals surface area contributed by atoms with Crippen LogP contribution in [-0.4, -0.2) is 37.5 Å². The average molecular weight is 324 g/mol. The number of hydrogen-bond donors (Lipinski definition) is 2. The highest BCUT2D eigenvalue weighted by Gasteiger charge is 2.38. The first kappa shape index (κ1) is 16.3. The maximum absolute atomic E-state index is 13.7. The smallest absolute Gasteiger partial charge is 0.241 e. The summed E-state index contributed by atoms with van der Waals surface area (Å²) in [6.45, 7) is 0. The molecule has 0 heterocycles. The first-order valence-corrected chi connectivity index (χ1v) is 8.16. The Morgan fingerprint density at radius 3 is 2.52 bits per heavy atom. The number of aliphatic hydroxyl groups is 2. The molecule has 3 atom stereocenters. The molecular formula is C13H15F3O4S. The van der Waals surface area contributed by atoms with Crippen LogP contribution in [0, 0.1) is 0 Å². The van der Waals surface area contributed by atoms with E-state index in [0.717, 1.165) is 12.3 Å². The van der Waals surface area contributed by atoms with E-state index in [9.17, 15) is 31.8 Å². The first-order valence-electron chi connectivity index (χ1n) is 6.27. The summed E-state index contributed by atoms with van der Waals surface area (Å²) in [4.78, 5) is -0.238. The van der Waals surface area contributed by atoms with E-state index in [1.165, 1.54) is 6.07 Å². The second-order valence-electron chi connectivity index (χ2n) is 5.12. The molecule has 0 unspecified atom stereocenters. The molecule has 2 rings (SSSR count). The molecule has 0 spiro atoms. The Kier molecular flexibility index (Phi) is 4.32. The topological polar surface area (TPSA) is 74.6 Å². The molecule has 0 aromatic heterocycles. The third-order valence-corrected chi connectivity index (χ3v) is 4.71. The molecule has 1 aromatic rings. The minimum absolute atomic E-state index is 0.0388. The van der Waals surface area contributed by atoms with E-state index in [2.05, 4.69) is 0 Å². The highest BCUT2D eigenvalue weighted by atomic mass is 32.2. The molecule has 0 amide bonds. The molecule has 0 bridgehead atoms. The normalized spacial score (nSPS) is 23.4. The third kappa shape index (κ3) is 3.07. The van der Waals surface area contributed by atoms with E-state index >= 15 is 0 Å². The van der Waals surface area contributed by atoms with E-state index in [0.29, 0.717) is 0 Å². The SMILES string of the molecule is CS(=O)(=O)c1ccc([C@H](O)CC(F)F)c2c1[C@H](O)[C@H](F)C2. The molecule has 1 aliphatic carbocycles. The summed E-state index contributed by atoms with van der Waals surface area (Å²) < 4.78 is 61.8. The van der Waals surface area contributed by atoms with Crippen LogP contribution in [0.1, 0.15) is 35.3 Å². The van der Waals surface area contributed by atoms with Gasteiger partial charge in [0, 0.05) is 24.7 Å². The van der Waals surface area contributed by atoms with Crippen molar-refractivity contribution >= 4 is 9.84 Å². The van der Waals surface area contributed by atoms with Crippen molar-refractivity contribution in [3.63, 3.8) is 0 Å². The van der Waals surface area contributed by atoms with E-state index in [4.69, 9.17) is 0 Å². The second kappa shape index (κ2) is 5.58. The molecule has 8 heteroatoms. The third-order valence-electron chi connectivity index (χ3n) is 3.55. The van der Waals surface area contributed by atoms with Gasteiger partial charge in [-0.05, 0) is 17.2 Å². The first-order chi connectivity index (χ1) is 9.62. The average Bonchev–Trinajstić information content (AvgIpc) is 2.62. The summed E-state index contributed by atoms with van der Waals surface area (Å²) in [6, 6.07) is 2.31. The van der Waals surface area contributed by atoms with Gasteiger partial charge < -0.3 is 10.2 Å². The minimum Gasteiger partial charge on any atom is -0.388 e. The lowest BCUT2D eigenvalue weighted by atomic mass is 9.97. The van der Waals surface area contributed by atoms with Crippen LogP contribution in [0.15, 0.2) is 17.0 Å². The zero-order chi connectivity index (χ0) is 15.9. The molecule has 21 heavy (non-hydrogen) atoms. The Hall–Kier alpha value is -1.12. The van der Waals surface area contributed by atoms with Gasteiger partial charge >= 0.3 is 0 Å². The number of hydrogen-bond acceptors (Lipinski definition) is 4. The summed E-state index contributed by atoms with van der Waals surface area (Å²) in [6.07, 6.45) is -7.88. The molecule has 2 N–H and O–H groups in total. The Morgan fingerprint density at radius 1 is 1.38 bits per heavy atom. The van der Waals surface area contributed by atoms with E-state index in [1.54, 1.807) is 0 Å². The monoisotopic (exact) mass is 324 g/mol. The summed E-state index contributed by atoms with van der Waals surface area (Å²) in [7, 11) is -3.71. The second-order valence-corrected chi connectivity index (χ2v) is 7.11. The predicted octanol–water partition coefficient (Wildman–Crippen LogP) is 1.71. The summed E-state index contributed by atoms with van der Waals surface area (Å²) >= 11 is 0. The van der Waals surface area contributed by atoms with Gasteiger partial charge in [0.2, 0.25) is 6.43 Å². The predicted molar refractivity (Wildman–Crippen MR) is 68.7 cm³/mol. The van der Waals surface area contributed by atoms with Crippen LogP contribution >= 0.6 is 0 Å². The van der Waals surface area contributed by atoms with Gasteiger partial charge in [0.1, 0.15) is 12.3 Å². The van der Waals surface area contributed by atoms with Crippen LogP contribution in [0.5, 0.6) is 0 Å². The van der Waals surface area contributed by atoms with Gasteiger partial charge in [0.15, 0.2) is 9.84 Å². The molecule has 0 radical (unpaired) electrons. The zero-order valence-corrected chi connectivity index (χ0v) is 11.9. The zero-order valence-electron chi connectivity index (χ0n) is 11.1. The fourth-order valence-corrected chi connectivity index (χ4v) is 3.59. The molecule has 1 aromatic carbocycles. The molecule has 4 nitrogen and oxygen atoms in total. The fraction of sp³-hybridized carbons (Fsp3) is 0.538. The van der Waals surface area contributed by atoms with Crippen molar-refractivity contribution in [2.24, 2.45) is 0 Å². The highest BCUT2D eigenvalue weighted by molar-refractivity contribution is 7.90. The van der Waals surface area contributed by atoms with Gasteiger partial charge in [-0.2, -0.15) is 0 Å². The van der Waals surface area contributed by atoms with Crippen LogP contribution in [0.4, 0.5) is 13.2 Å². The molecule has 0 aliphatic heterocycles. The van der Waals surface area contributed by atoms with Gasteiger partial charge in [-0.3, -0.25) is 0 Å². The Labute approximate surface area is 120 Å². The van der Waals surface area contributed by atoms with Gasteiger partial charge in [0.05, 0.1) is 11.0 Å². The van der Waals surface area contributed by atoms with Gasteiger partial charge in [0.25, 0.3) is 0 Å². The van der Waals surface area contributed by atoms with Crippen molar-refractivity contribution in [3.05, 3.63) is 28.8 Å². The van der Waals surface area contributed by atoms with Crippen LogP contribution in [-0.2, 0) is 16.3 Å². The quantitative estimate of drug-likeness (QED) is 0.884. The number of alkyl halides is 3. The Bertz CT molecular complexity index is 645. The lowest BCUT2D eigenvalue weighted by Gasteiger charge is -2.17. The van der Waals surface area contributed by atoms with Crippen molar-refractivity contribution in [3.8, 4) is 0 Å². The van der Waals surface area contributed by atoms with Crippen molar-refractivity contribution in [1.29, 1.82) is 0 Å². The molecule has 1 aliphatic rings. The number of sulfone groups is 1. The molecule has 0 fully saturated rings. The summed E-state index contributed by atoms with van der Waals surface area (Å²) in [5, 5.41) is 19.6. The lowest BCUT2D eigenvalue weighted by molar-refractivity contribution is 0.0606. The van der Waals surface area contributed by atoms with Crippen molar-refractivity contribution in [2.45, 2.75) is 42.5 Å². The summed E-state index contributed by atoms with van der Waals surface area (Å²) in [5.41, 5.74) is 0.0128. The number of fused-ring (bicyclic) bond motifs is 1. The summed E-state index contributed by atoms with van der Waals surface area (Å²) in [5.74, 6) is 0. The lowest BCUT2D eigenvalue weighted by Crippen LogP contribution is -2.11. The molecule has 0 saturated heterocycles. The number of benzene rings is 1. The fourth-order valence-electron chi connectivity index (χ4n) is 2.63. The van der Waals surface area contributed by atoms with Crippen LogP contribution in [0.25, 0.3) is 0 Å². The van der Waals surface area contributed by atoms with Crippen molar-refractivity contribution in [2.75, 3.05) is 6.26 Å². The van der Waals surface area contributed by atoms with E-state index in [1.807, 2.05) is 0 Å². The Balaban J connectivity index is 2.59. The number of aliphatic hydroxyl groups excluding tert-OH is 2. The molecule has 0 saturated carbocycles. The standard InChI is InChI=1S/C13H15F3O4S/c1-21(19,20)10-3-2-6(9(17)5-11(15)16)7-4-8(14)13(18)12(7)10/h2-3,8-9,11,13,17-18H,4-5H2,1H3/t8-,9-,13-/m1/s1. The van der Waals surface area contributed by atoms with Gasteiger partial charge in [-0.1, -0.05) is 6.07 Å². The van der Waals surface area contributed by atoms with Crippen LogP contribution in [0.2, 0.25) is 0 Å². The van der Waals surface area contributed by atoms with Crippen LogP contribution < -0.4 is 0 Å². The Morgan fingerprint density at radius 2 is 2.00 bits per heavy atom. The largest absolute Gasteiger partial charge is 0.388 e. The number of halogens is 3. The van der Waals surface area contributed by atoms with E-state index in [-0.39, 0.29) is 28.0 Å². The molecular weight excluding hydrogens is 309 g/mol. The molecule has 118 valence electrons. The highest BCUT2D eigenvalue weighted by Crippen LogP contribution is 2.41. The van der Waals surface area contributed by atoms with Crippen LogP contribution in [0.3, 0.4) is 0 Å². The van der Waals surface area contributed by atoms with Crippen molar-refractivity contribution in [1.82, 2.24) is 0 Å². The minimum atomic E-state index is -3.71. The van der Waals surface area contributed by atoms with Gasteiger partial charge in [-0.15, -0.1) is 0 Å². The number of rotatable bonds is 4. The van der Waals surface area contributed by atoms with Gasteiger partial charge in [-0.25, -0.2) is 21.6 Å².